The summed E-state index contributed by atoms with van der Waals surface area (Å²) in [6.45, 7) is 1.51. The van der Waals surface area contributed by atoms with Gasteiger partial charge in [-0.3, -0.25) is 4.79 Å². The normalized spacial score (nSPS) is 13.8. The first-order chi connectivity index (χ1) is 8.65. The van der Waals surface area contributed by atoms with Gasteiger partial charge in [0.2, 0.25) is 5.91 Å². The highest BCUT2D eigenvalue weighted by Gasteiger charge is 2.10. The van der Waals surface area contributed by atoms with Gasteiger partial charge >= 0.3 is 0 Å². The second-order valence-electron chi connectivity index (χ2n) is 4.94. The number of hydrogen-bond acceptors (Lipinski definition) is 2. The molecule has 1 aromatic carbocycles. The molecule has 0 spiro atoms. The van der Waals surface area contributed by atoms with Gasteiger partial charge in [-0.2, -0.15) is 0 Å². The van der Waals surface area contributed by atoms with Gasteiger partial charge in [0.1, 0.15) is 5.78 Å². The number of aryl methyl sites for hydroxylation is 2. The molecule has 0 fully saturated rings. The summed E-state index contributed by atoms with van der Waals surface area (Å²) in [5, 5.41) is 2.86. The van der Waals surface area contributed by atoms with Crippen LogP contribution in [0.2, 0.25) is 0 Å². The number of rotatable bonds is 4. The van der Waals surface area contributed by atoms with Crippen LogP contribution in [0.25, 0.3) is 0 Å². The zero-order chi connectivity index (χ0) is 13.0. The van der Waals surface area contributed by atoms with Crippen molar-refractivity contribution in [1.29, 1.82) is 0 Å². The van der Waals surface area contributed by atoms with Crippen LogP contribution in [0.5, 0.6) is 0 Å². The summed E-state index contributed by atoms with van der Waals surface area (Å²) >= 11 is 0. The maximum Gasteiger partial charge on any atom is 0.224 e. The lowest BCUT2D eigenvalue weighted by atomic mass is 9.91. The van der Waals surface area contributed by atoms with Gasteiger partial charge < -0.3 is 10.1 Å². The summed E-state index contributed by atoms with van der Waals surface area (Å²) in [7, 11) is 0. The maximum atomic E-state index is 11.6. The maximum absolute atomic E-state index is 11.6. The van der Waals surface area contributed by atoms with Crippen LogP contribution in [-0.2, 0) is 22.4 Å². The lowest BCUT2D eigenvalue weighted by Gasteiger charge is -2.16. The number of anilines is 1. The molecule has 0 unspecified atom stereocenters. The highest BCUT2D eigenvalue weighted by atomic mass is 16.2. The van der Waals surface area contributed by atoms with E-state index in [1.807, 2.05) is 6.07 Å². The number of fused-ring (bicyclic) bond motifs is 1. The van der Waals surface area contributed by atoms with Crippen molar-refractivity contribution in [1.82, 2.24) is 0 Å². The molecule has 1 aliphatic rings. The van der Waals surface area contributed by atoms with E-state index in [1.165, 1.54) is 30.9 Å². The molecule has 2 rings (SSSR count). The molecule has 1 N–H and O–H groups in total. The highest BCUT2D eigenvalue weighted by molar-refractivity contribution is 5.93. The SMILES string of the molecule is CC(=O)CCC(=O)Nc1ccc2c(c1)CCCC2. The summed E-state index contributed by atoms with van der Waals surface area (Å²) in [5.74, 6) is -0.0310. The first-order valence-electron chi connectivity index (χ1n) is 6.56. The van der Waals surface area contributed by atoms with E-state index in [2.05, 4.69) is 17.4 Å². The van der Waals surface area contributed by atoms with Gasteiger partial charge in [0.05, 0.1) is 0 Å². The van der Waals surface area contributed by atoms with Crippen molar-refractivity contribution in [2.45, 2.75) is 45.4 Å². The largest absolute Gasteiger partial charge is 0.326 e. The Morgan fingerprint density at radius 1 is 1.11 bits per heavy atom. The second kappa shape index (κ2) is 5.80. The van der Waals surface area contributed by atoms with E-state index < -0.39 is 0 Å². The Kier molecular flexibility index (Phi) is 4.13. The topological polar surface area (TPSA) is 46.2 Å². The van der Waals surface area contributed by atoms with Gasteiger partial charge in [-0.1, -0.05) is 6.07 Å². The molecule has 1 aliphatic carbocycles. The van der Waals surface area contributed by atoms with Crippen molar-refractivity contribution in [3.05, 3.63) is 29.3 Å². The van der Waals surface area contributed by atoms with Crippen LogP contribution in [0.15, 0.2) is 18.2 Å². The number of hydrogen-bond donors (Lipinski definition) is 1. The third-order valence-electron chi connectivity index (χ3n) is 3.34. The third kappa shape index (κ3) is 3.42. The quantitative estimate of drug-likeness (QED) is 0.886. The Hall–Kier alpha value is -1.64. The van der Waals surface area contributed by atoms with E-state index in [-0.39, 0.29) is 18.1 Å². The van der Waals surface area contributed by atoms with Crippen molar-refractivity contribution >= 4 is 17.4 Å². The number of amides is 1. The lowest BCUT2D eigenvalue weighted by molar-refractivity contribution is -0.121. The molecule has 96 valence electrons. The molecular weight excluding hydrogens is 226 g/mol. The molecular formula is C15H19NO2. The molecule has 18 heavy (non-hydrogen) atoms. The van der Waals surface area contributed by atoms with E-state index >= 15 is 0 Å². The number of benzene rings is 1. The van der Waals surface area contributed by atoms with Crippen molar-refractivity contribution in [2.24, 2.45) is 0 Å². The van der Waals surface area contributed by atoms with Crippen LogP contribution in [-0.4, -0.2) is 11.7 Å². The molecule has 1 amide bonds. The first-order valence-corrected chi connectivity index (χ1v) is 6.56. The first kappa shape index (κ1) is 12.8. The van der Waals surface area contributed by atoms with Crippen molar-refractivity contribution in [3.63, 3.8) is 0 Å². The van der Waals surface area contributed by atoms with Gasteiger partial charge in [-0.15, -0.1) is 0 Å². The zero-order valence-corrected chi connectivity index (χ0v) is 10.8. The Balaban J connectivity index is 1.97. The Bertz CT molecular complexity index is 466. The number of ketones is 1. The predicted molar refractivity (Wildman–Crippen MR) is 71.6 cm³/mol. The van der Waals surface area contributed by atoms with Gasteiger partial charge in [0, 0.05) is 18.5 Å². The second-order valence-corrected chi connectivity index (χ2v) is 4.94. The standard InChI is InChI=1S/C15H19NO2/c1-11(17)6-9-15(18)16-14-8-7-12-4-2-3-5-13(12)10-14/h7-8,10H,2-6,9H2,1H3,(H,16,18). The average Bonchev–Trinajstić information content (AvgIpc) is 2.36. The van der Waals surface area contributed by atoms with Crippen molar-refractivity contribution < 1.29 is 9.59 Å². The minimum atomic E-state index is -0.0824. The van der Waals surface area contributed by atoms with E-state index in [1.54, 1.807) is 0 Å². The van der Waals surface area contributed by atoms with Gasteiger partial charge in [0.15, 0.2) is 0 Å². The summed E-state index contributed by atoms with van der Waals surface area (Å²) in [4.78, 5) is 22.4. The van der Waals surface area contributed by atoms with E-state index in [9.17, 15) is 9.59 Å². The fourth-order valence-electron chi connectivity index (χ4n) is 2.32. The Labute approximate surface area is 108 Å². The third-order valence-corrected chi connectivity index (χ3v) is 3.34. The Morgan fingerprint density at radius 3 is 2.56 bits per heavy atom. The van der Waals surface area contributed by atoms with Crippen LogP contribution in [0.4, 0.5) is 5.69 Å². The summed E-state index contributed by atoms with van der Waals surface area (Å²) < 4.78 is 0. The summed E-state index contributed by atoms with van der Waals surface area (Å²) in [6.07, 6.45) is 5.33. The molecule has 0 heterocycles. The molecule has 0 saturated carbocycles. The molecule has 0 saturated heterocycles. The fraction of sp³-hybridized carbons (Fsp3) is 0.467. The lowest BCUT2D eigenvalue weighted by Crippen LogP contribution is -2.13. The van der Waals surface area contributed by atoms with Crippen LogP contribution >= 0.6 is 0 Å². The van der Waals surface area contributed by atoms with E-state index in [0.29, 0.717) is 6.42 Å². The van der Waals surface area contributed by atoms with Gasteiger partial charge in [-0.05, 0) is 55.9 Å². The average molecular weight is 245 g/mol. The molecule has 0 aliphatic heterocycles. The number of Topliss-reactive ketones (excluding diaryl/α,β-unsaturated/α-hetero) is 1. The fourth-order valence-corrected chi connectivity index (χ4v) is 2.32. The smallest absolute Gasteiger partial charge is 0.224 e. The predicted octanol–water partition coefficient (Wildman–Crippen LogP) is 2.87. The van der Waals surface area contributed by atoms with Crippen LogP contribution in [0.1, 0.15) is 43.7 Å². The molecule has 0 atom stereocenters. The monoisotopic (exact) mass is 245 g/mol. The molecule has 1 aromatic rings. The van der Waals surface area contributed by atoms with Gasteiger partial charge in [0.25, 0.3) is 0 Å². The molecule has 0 aromatic heterocycles. The van der Waals surface area contributed by atoms with Crippen molar-refractivity contribution in [2.75, 3.05) is 5.32 Å². The zero-order valence-electron chi connectivity index (χ0n) is 10.8. The number of carbonyl (C=O) groups is 2. The van der Waals surface area contributed by atoms with Gasteiger partial charge in [-0.25, -0.2) is 0 Å². The molecule has 3 nitrogen and oxygen atoms in total. The minimum Gasteiger partial charge on any atom is -0.326 e. The summed E-state index contributed by atoms with van der Waals surface area (Å²) in [6, 6.07) is 6.13. The Morgan fingerprint density at radius 2 is 1.83 bits per heavy atom. The van der Waals surface area contributed by atoms with E-state index in [4.69, 9.17) is 0 Å². The number of nitrogens with one attached hydrogen (secondary N) is 1. The van der Waals surface area contributed by atoms with Crippen molar-refractivity contribution in [3.8, 4) is 0 Å². The molecule has 0 radical (unpaired) electrons. The number of carbonyl (C=O) groups excluding carboxylic acids is 2. The summed E-state index contributed by atoms with van der Waals surface area (Å²) in [5.41, 5.74) is 3.61. The van der Waals surface area contributed by atoms with Crippen LogP contribution in [0, 0.1) is 0 Å². The van der Waals surface area contributed by atoms with E-state index in [0.717, 1.165) is 18.5 Å². The van der Waals surface area contributed by atoms with Crippen LogP contribution in [0.3, 0.4) is 0 Å². The minimum absolute atomic E-state index is 0.0515. The van der Waals surface area contributed by atoms with Crippen LogP contribution < -0.4 is 5.32 Å². The highest BCUT2D eigenvalue weighted by Crippen LogP contribution is 2.24. The molecule has 3 heteroatoms. The molecule has 0 bridgehead atoms.